The zero-order valence-corrected chi connectivity index (χ0v) is 10.6. The molecule has 92 valence electrons. The number of hydrogen-bond donors (Lipinski definition) is 1. The van der Waals surface area contributed by atoms with E-state index in [9.17, 15) is 4.79 Å². The van der Waals surface area contributed by atoms with Gasteiger partial charge in [-0.05, 0) is 19.3 Å². The number of nitrogens with one attached hydrogen (secondary N) is 1. The summed E-state index contributed by atoms with van der Waals surface area (Å²) in [5.74, 6) is 2.00. The molecule has 0 aliphatic carbocycles. The highest BCUT2D eigenvalue weighted by Gasteiger charge is 2.27. The van der Waals surface area contributed by atoms with Crippen LogP contribution in [0, 0.1) is 0 Å². The molecule has 5 heteroatoms. The van der Waals surface area contributed by atoms with Gasteiger partial charge in [-0.2, -0.15) is 0 Å². The summed E-state index contributed by atoms with van der Waals surface area (Å²) in [4.78, 5) is 13.8. The summed E-state index contributed by atoms with van der Waals surface area (Å²) in [5, 5.41) is 3.21. The van der Waals surface area contributed by atoms with Crippen molar-refractivity contribution in [2.24, 2.45) is 0 Å². The molecule has 0 aromatic rings. The first-order valence-corrected chi connectivity index (χ1v) is 7.10. The molecule has 2 unspecified atom stereocenters. The molecule has 16 heavy (non-hydrogen) atoms. The SMILES string of the molecule is CN(CC1CCCCO1)C(=O)C1CSCN1. The van der Waals surface area contributed by atoms with Gasteiger partial charge >= 0.3 is 0 Å². The predicted molar refractivity (Wildman–Crippen MR) is 65.5 cm³/mol. The average molecular weight is 244 g/mol. The van der Waals surface area contributed by atoms with Crippen molar-refractivity contribution in [1.82, 2.24) is 10.2 Å². The molecule has 2 aliphatic rings. The Kier molecular flexibility index (Phi) is 4.49. The average Bonchev–Trinajstić information content (AvgIpc) is 2.83. The third kappa shape index (κ3) is 3.12. The van der Waals surface area contributed by atoms with Gasteiger partial charge in [-0.25, -0.2) is 0 Å². The number of likely N-dealkylation sites (N-methyl/N-ethyl adjacent to an activating group) is 1. The van der Waals surface area contributed by atoms with E-state index in [2.05, 4.69) is 5.32 Å². The van der Waals surface area contributed by atoms with Crippen LogP contribution in [0.1, 0.15) is 19.3 Å². The van der Waals surface area contributed by atoms with Gasteiger partial charge in [0.2, 0.25) is 5.91 Å². The van der Waals surface area contributed by atoms with Crippen molar-refractivity contribution in [3.63, 3.8) is 0 Å². The fourth-order valence-electron chi connectivity index (χ4n) is 2.17. The highest BCUT2D eigenvalue weighted by Crippen LogP contribution is 2.15. The van der Waals surface area contributed by atoms with Crippen molar-refractivity contribution >= 4 is 17.7 Å². The third-order valence-electron chi connectivity index (χ3n) is 3.14. The maximum absolute atomic E-state index is 12.0. The Balaban J connectivity index is 1.77. The van der Waals surface area contributed by atoms with Crippen molar-refractivity contribution < 1.29 is 9.53 Å². The molecule has 0 radical (unpaired) electrons. The van der Waals surface area contributed by atoms with Gasteiger partial charge in [-0.15, -0.1) is 11.8 Å². The normalized spacial score (nSPS) is 30.3. The van der Waals surface area contributed by atoms with Crippen molar-refractivity contribution in [1.29, 1.82) is 0 Å². The second-order valence-electron chi connectivity index (χ2n) is 4.48. The second kappa shape index (κ2) is 5.89. The Bertz CT molecular complexity index is 238. The number of ether oxygens (including phenoxy) is 1. The van der Waals surface area contributed by atoms with E-state index < -0.39 is 0 Å². The summed E-state index contributed by atoms with van der Waals surface area (Å²) in [5.41, 5.74) is 0. The van der Waals surface area contributed by atoms with E-state index in [4.69, 9.17) is 4.74 Å². The van der Waals surface area contributed by atoms with Gasteiger partial charge in [0.25, 0.3) is 0 Å². The number of rotatable bonds is 3. The molecule has 0 aromatic carbocycles. The summed E-state index contributed by atoms with van der Waals surface area (Å²) in [6.45, 7) is 1.59. The van der Waals surface area contributed by atoms with Crippen LogP contribution in [0.25, 0.3) is 0 Å². The van der Waals surface area contributed by atoms with E-state index in [1.807, 2.05) is 11.9 Å². The molecule has 2 heterocycles. The van der Waals surface area contributed by atoms with E-state index >= 15 is 0 Å². The Morgan fingerprint density at radius 2 is 2.44 bits per heavy atom. The third-order valence-corrected chi connectivity index (χ3v) is 4.08. The van der Waals surface area contributed by atoms with E-state index in [1.165, 1.54) is 6.42 Å². The molecule has 2 atom stereocenters. The fraction of sp³-hybridized carbons (Fsp3) is 0.909. The zero-order chi connectivity index (χ0) is 11.4. The molecular weight excluding hydrogens is 224 g/mol. The molecule has 2 fully saturated rings. The summed E-state index contributed by atoms with van der Waals surface area (Å²) in [6.07, 6.45) is 3.72. The largest absolute Gasteiger partial charge is 0.376 e. The zero-order valence-electron chi connectivity index (χ0n) is 9.78. The van der Waals surface area contributed by atoms with Crippen molar-refractivity contribution in [2.45, 2.75) is 31.4 Å². The van der Waals surface area contributed by atoms with Gasteiger partial charge in [0.15, 0.2) is 0 Å². The monoisotopic (exact) mass is 244 g/mol. The van der Waals surface area contributed by atoms with Gasteiger partial charge in [0.1, 0.15) is 0 Å². The van der Waals surface area contributed by atoms with Gasteiger partial charge in [0, 0.05) is 31.8 Å². The Hall–Kier alpha value is -0.260. The van der Waals surface area contributed by atoms with Gasteiger partial charge in [0.05, 0.1) is 12.1 Å². The van der Waals surface area contributed by atoms with Crippen LogP contribution in [0.4, 0.5) is 0 Å². The minimum atomic E-state index is 0.0126. The molecule has 0 saturated carbocycles. The molecule has 2 saturated heterocycles. The lowest BCUT2D eigenvalue weighted by molar-refractivity contribution is -0.133. The number of thioether (sulfide) groups is 1. The highest BCUT2D eigenvalue weighted by molar-refractivity contribution is 7.99. The molecule has 2 rings (SSSR count). The van der Waals surface area contributed by atoms with Crippen LogP contribution >= 0.6 is 11.8 Å². The second-order valence-corrected chi connectivity index (χ2v) is 5.51. The van der Waals surface area contributed by atoms with Crippen molar-refractivity contribution in [3.05, 3.63) is 0 Å². The van der Waals surface area contributed by atoms with E-state index in [0.717, 1.165) is 37.6 Å². The summed E-state index contributed by atoms with van der Waals surface area (Å²) in [6, 6.07) is 0.0126. The maximum Gasteiger partial charge on any atom is 0.240 e. The van der Waals surface area contributed by atoms with E-state index in [-0.39, 0.29) is 18.1 Å². The standard InChI is InChI=1S/C11H20N2O2S/c1-13(6-9-4-2-3-5-15-9)11(14)10-7-16-8-12-10/h9-10,12H,2-8H2,1H3. The summed E-state index contributed by atoms with van der Waals surface area (Å²) < 4.78 is 5.64. The fourth-order valence-corrected chi connectivity index (χ4v) is 3.10. The Morgan fingerprint density at radius 1 is 1.56 bits per heavy atom. The summed E-state index contributed by atoms with van der Waals surface area (Å²) in [7, 11) is 1.88. The van der Waals surface area contributed by atoms with Gasteiger partial charge in [-0.1, -0.05) is 0 Å². The lowest BCUT2D eigenvalue weighted by Crippen LogP contribution is -2.46. The van der Waals surface area contributed by atoms with Crippen LogP contribution < -0.4 is 5.32 Å². The highest BCUT2D eigenvalue weighted by atomic mass is 32.2. The van der Waals surface area contributed by atoms with Crippen LogP contribution in [0.3, 0.4) is 0 Å². The molecular formula is C11H20N2O2S. The van der Waals surface area contributed by atoms with Crippen molar-refractivity contribution in [2.75, 3.05) is 31.8 Å². The van der Waals surface area contributed by atoms with Crippen LogP contribution in [0.15, 0.2) is 0 Å². The topological polar surface area (TPSA) is 41.6 Å². The van der Waals surface area contributed by atoms with Gasteiger partial charge < -0.3 is 9.64 Å². The first-order chi connectivity index (χ1) is 7.77. The first-order valence-electron chi connectivity index (χ1n) is 5.95. The van der Waals surface area contributed by atoms with E-state index in [0.29, 0.717) is 0 Å². The smallest absolute Gasteiger partial charge is 0.240 e. The van der Waals surface area contributed by atoms with Crippen LogP contribution in [-0.4, -0.2) is 54.8 Å². The summed E-state index contributed by atoms with van der Waals surface area (Å²) >= 11 is 1.78. The van der Waals surface area contributed by atoms with Crippen LogP contribution in [-0.2, 0) is 9.53 Å². The first kappa shape index (κ1) is 12.2. The lowest BCUT2D eigenvalue weighted by Gasteiger charge is -2.28. The molecule has 1 N–H and O–H groups in total. The van der Waals surface area contributed by atoms with Crippen molar-refractivity contribution in [3.8, 4) is 0 Å². The Labute approximate surface area is 101 Å². The molecule has 0 spiro atoms. The molecule has 4 nitrogen and oxygen atoms in total. The maximum atomic E-state index is 12.0. The number of hydrogen-bond acceptors (Lipinski definition) is 4. The molecule has 0 bridgehead atoms. The number of nitrogens with zero attached hydrogens (tertiary/aromatic N) is 1. The number of amides is 1. The van der Waals surface area contributed by atoms with Crippen LogP contribution in [0.5, 0.6) is 0 Å². The molecule has 0 aromatic heterocycles. The minimum Gasteiger partial charge on any atom is -0.376 e. The minimum absolute atomic E-state index is 0.0126. The quantitative estimate of drug-likeness (QED) is 0.792. The number of carbonyl (C=O) groups excluding carboxylic acids is 1. The van der Waals surface area contributed by atoms with E-state index in [1.54, 1.807) is 11.8 Å². The Morgan fingerprint density at radius 3 is 3.06 bits per heavy atom. The van der Waals surface area contributed by atoms with Gasteiger partial charge in [-0.3, -0.25) is 10.1 Å². The molecule has 2 aliphatic heterocycles. The molecule has 1 amide bonds. The lowest BCUT2D eigenvalue weighted by atomic mass is 10.1. The van der Waals surface area contributed by atoms with Crippen LogP contribution in [0.2, 0.25) is 0 Å². The predicted octanol–water partition coefficient (Wildman–Crippen LogP) is 0.676. The number of carbonyl (C=O) groups is 1.